The molecule has 2 heteroatoms. The molecule has 0 aromatic carbocycles. The fraction of sp³-hybridized carbons (Fsp3) is 1.00. The van der Waals surface area contributed by atoms with E-state index in [4.69, 9.17) is 0 Å². The lowest BCUT2D eigenvalue weighted by molar-refractivity contribution is 0.147. The van der Waals surface area contributed by atoms with E-state index >= 15 is 0 Å². The van der Waals surface area contributed by atoms with Crippen LogP contribution in [0.4, 0.5) is 0 Å². The topological polar surface area (TPSA) is 15.3 Å². The maximum Gasteiger partial charge on any atom is 0.0195 e. The molecule has 3 aliphatic rings. The molecule has 3 fully saturated rings. The largest absolute Gasteiger partial charge is 0.313 e. The van der Waals surface area contributed by atoms with Gasteiger partial charge in [0.1, 0.15) is 0 Å². The average Bonchev–Trinajstić information content (AvgIpc) is 3.19. The lowest BCUT2D eigenvalue weighted by atomic mass is 10.1. The first-order chi connectivity index (χ1) is 7.88. The molecular formula is C14H26N2. The predicted molar refractivity (Wildman–Crippen MR) is 67.6 cm³/mol. The molecule has 0 spiro atoms. The van der Waals surface area contributed by atoms with Gasteiger partial charge in [-0.15, -0.1) is 0 Å². The molecule has 1 aliphatic heterocycles. The van der Waals surface area contributed by atoms with Gasteiger partial charge in [-0.25, -0.2) is 0 Å². The maximum absolute atomic E-state index is 3.67. The number of nitrogens with one attached hydrogen (secondary N) is 1. The van der Waals surface area contributed by atoms with Crippen LogP contribution in [0.15, 0.2) is 0 Å². The zero-order valence-electron chi connectivity index (χ0n) is 10.6. The van der Waals surface area contributed by atoms with E-state index in [1.165, 1.54) is 58.0 Å². The Labute approximate surface area is 99.8 Å². The Morgan fingerprint density at radius 2 is 2.00 bits per heavy atom. The van der Waals surface area contributed by atoms with Crippen molar-refractivity contribution in [3.8, 4) is 0 Å². The molecule has 0 amide bonds. The first-order valence-electron chi connectivity index (χ1n) is 7.37. The van der Waals surface area contributed by atoms with Gasteiger partial charge in [-0.1, -0.05) is 6.92 Å². The normalized spacial score (nSPS) is 32.2. The summed E-state index contributed by atoms with van der Waals surface area (Å²) in [6.45, 7) is 4.98. The molecule has 1 N–H and O–H groups in total. The van der Waals surface area contributed by atoms with E-state index < -0.39 is 0 Å². The SMILES string of the molecule is CCC(C1CC1)N(CC1CCCN1)C1CC1. The fourth-order valence-electron chi connectivity index (χ4n) is 3.45. The van der Waals surface area contributed by atoms with E-state index in [0.717, 1.165) is 24.0 Å². The minimum Gasteiger partial charge on any atom is -0.313 e. The van der Waals surface area contributed by atoms with Gasteiger partial charge in [0.25, 0.3) is 0 Å². The second kappa shape index (κ2) is 4.66. The van der Waals surface area contributed by atoms with Crippen molar-refractivity contribution in [2.45, 2.75) is 70.0 Å². The summed E-state index contributed by atoms with van der Waals surface area (Å²) in [5.74, 6) is 1.05. The molecule has 1 heterocycles. The Morgan fingerprint density at radius 3 is 2.50 bits per heavy atom. The van der Waals surface area contributed by atoms with Crippen molar-refractivity contribution in [2.24, 2.45) is 5.92 Å². The van der Waals surface area contributed by atoms with Gasteiger partial charge in [0.2, 0.25) is 0 Å². The molecule has 3 rings (SSSR count). The number of hydrogen-bond acceptors (Lipinski definition) is 2. The summed E-state index contributed by atoms with van der Waals surface area (Å²) < 4.78 is 0. The monoisotopic (exact) mass is 222 g/mol. The second-order valence-corrected chi connectivity index (χ2v) is 6.03. The Morgan fingerprint density at radius 1 is 1.19 bits per heavy atom. The highest BCUT2D eigenvalue weighted by Gasteiger charge is 2.41. The molecule has 92 valence electrons. The molecule has 2 atom stereocenters. The molecular weight excluding hydrogens is 196 g/mol. The predicted octanol–water partition coefficient (Wildman–Crippen LogP) is 2.39. The maximum atomic E-state index is 3.67. The van der Waals surface area contributed by atoms with E-state index in [-0.39, 0.29) is 0 Å². The van der Waals surface area contributed by atoms with Crippen molar-refractivity contribution in [3.63, 3.8) is 0 Å². The highest BCUT2D eigenvalue weighted by atomic mass is 15.2. The Balaban J connectivity index is 1.60. The zero-order chi connectivity index (χ0) is 11.0. The fourth-order valence-corrected chi connectivity index (χ4v) is 3.45. The Hall–Kier alpha value is -0.0800. The van der Waals surface area contributed by atoms with Crippen LogP contribution in [0.1, 0.15) is 51.9 Å². The number of rotatable bonds is 6. The molecule has 2 unspecified atom stereocenters. The first kappa shape index (κ1) is 11.0. The van der Waals surface area contributed by atoms with Crippen LogP contribution in [0.25, 0.3) is 0 Å². The third kappa shape index (κ3) is 2.43. The van der Waals surface area contributed by atoms with E-state index in [1.54, 1.807) is 0 Å². The van der Waals surface area contributed by atoms with E-state index in [0.29, 0.717) is 0 Å². The van der Waals surface area contributed by atoms with Crippen LogP contribution in [0.5, 0.6) is 0 Å². The van der Waals surface area contributed by atoms with E-state index in [1.807, 2.05) is 0 Å². The highest BCUT2D eigenvalue weighted by molar-refractivity contribution is 4.96. The summed E-state index contributed by atoms with van der Waals surface area (Å²) in [6.07, 6.45) is 10.1. The molecule has 2 saturated carbocycles. The van der Waals surface area contributed by atoms with Crippen molar-refractivity contribution in [2.75, 3.05) is 13.1 Å². The minimum absolute atomic E-state index is 0.799. The van der Waals surface area contributed by atoms with Crippen LogP contribution >= 0.6 is 0 Å². The van der Waals surface area contributed by atoms with Gasteiger partial charge < -0.3 is 5.32 Å². The third-order valence-electron chi connectivity index (χ3n) is 4.62. The molecule has 0 radical (unpaired) electrons. The number of nitrogens with zero attached hydrogens (tertiary/aromatic N) is 1. The van der Waals surface area contributed by atoms with Gasteiger partial charge in [0.15, 0.2) is 0 Å². The van der Waals surface area contributed by atoms with E-state index in [9.17, 15) is 0 Å². The van der Waals surface area contributed by atoms with Crippen LogP contribution in [-0.2, 0) is 0 Å². The van der Waals surface area contributed by atoms with Crippen molar-refractivity contribution in [1.29, 1.82) is 0 Å². The minimum atomic E-state index is 0.799. The van der Waals surface area contributed by atoms with Crippen molar-refractivity contribution >= 4 is 0 Å². The smallest absolute Gasteiger partial charge is 0.0195 e. The van der Waals surface area contributed by atoms with Gasteiger partial charge in [-0.05, 0) is 57.4 Å². The summed E-state index contributed by atoms with van der Waals surface area (Å²) in [5.41, 5.74) is 0. The van der Waals surface area contributed by atoms with Gasteiger partial charge in [0, 0.05) is 24.7 Å². The van der Waals surface area contributed by atoms with Gasteiger partial charge >= 0.3 is 0 Å². The summed E-state index contributed by atoms with van der Waals surface area (Å²) >= 11 is 0. The molecule has 2 nitrogen and oxygen atoms in total. The molecule has 1 saturated heterocycles. The molecule has 2 aliphatic carbocycles. The third-order valence-corrected chi connectivity index (χ3v) is 4.62. The van der Waals surface area contributed by atoms with Crippen molar-refractivity contribution in [3.05, 3.63) is 0 Å². The van der Waals surface area contributed by atoms with Crippen LogP contribution in [-0.4, -0.2) is 36.1 Å². The Bertz CT molecular complexity index is 227. The van der Waals surface area contributed by atoms with Crippen LogP contribution < -0.4 is 5.32 Å². The van der Waals surface area contributed by atoms with Crippen LogP contribution in [0.3, 0.4) is 0 Å². The first-order valence-corrected chi connectivity index (χ1v) is 7.37. The zero-order valence-corrected chi connectivity index (χ0v) is 10.6. The lowest BCUT2D eigenvalue weighted by Crippen LogP contribution is -2.45. The summed E-state index contributed by atoms with van der Waals surface area (Å²) in [5, 5.41) is 3.67. The van der Waals surface area contributed by atoms with Crippen molar-refractivity contribution in [1.82, 2.24) is 10.2 Å². The van der Waals surface area contributed by atoms with Gasteiger partial charge in [0.05, 0.1) is 0 Å². The average molecular weight is 222 g/mol. The molecule has 0 bridgehead atoms. The van der Waals surface area contributed by atoms with E-state index in [2.05, 4.69) is 17.1 Å². The molecule has 0 aromatic rings. The van der Waals surface area contributed by atoms with Crippen molar-refractivity contribution < 1.29 is 0 Å². The van der Waals surface area contributed by atoms with Crippen LogP contribution in [0.2, 0.25) is 0 Å². The standard InChI is InChI=1S/C14H26N2/c1-2-14(11-5-6-11)16(13-7-8-13)10-12-4-3-9-15-12/h11-15H,2-10H2,1H3. The highest BCUT2D eigenvalue weighted by Crippen LogP contribution is 2.41. The van der Waals surface area contributed by atoms with Crippen LogP contribution in [0, 0.1) is 5.92 Å². The quantitative estimate of drug-likeness (QED) is 0.742. The summed E-state index contributed by atoms with van der Waals surface area (Å²) in [7, 11) is 0. The lowest BCUT2D eigenvalue weighted by Gasteiger charge is -2.33. The summed E-state index contributed by atoms with van der Waals surface area (Å²) in [4.78, 5) is 2.88. The Kier molecular flexibility index (Phi) is 3.21. The van der Waals surface area contributed by atoms with Gasteiger partial charge in [-0.3, -0.25) is 4.90 Å². The molecule has 16 heavy (non-hydrogen) atoms. The van der Waals surface area contributed by atoms with Gasteiger partial charge in [-0.2, -0.15) is 0 Å². The number of hydrogen-bond donors (Lipinski definition) is 1. The second-order valence-electron chi connectivity index (χ2n) is 6.03. The molecule has 0 aromatic heterocycles. The summed E-state index contributed by atoms with van der Waals surface area (Å²) in [6, 6.07) is 2.66.